The van der Waals surface area contributed by atoms with Crippen LogP contribution in [0, 0.1) is 11.7 Å². The summed E-state index contributed by atoms with van der Waals surface area (Å²) in [5.74, 6) is -0.0525. The first-order valence-corrected chi connectivity index (χ1v) is 12.3. The topological polar surface area (TPSA) is 118 Å². The quantitative estimate of drug-likeness (QED) is 0.489. The van der Waals surface area contributed by atoms with E-state index in [0.717, 1.165) is 12.8 Å². The van der Waals surface area contributed by atoms with E-state index in [9.17, 15) is 19.1 Å². The molecule has 0 spiro atoms. The predicted octanol–water partition coefficient (Wildman–Crippen LogP) is 3.98. The number of ether oxygens (including phenoxy) is 2. The molecule has 11 heteroatoms. The van der Waals surface area contributed by atoms with E-state index in [1.165, 1.54) is 22.8 Å². The molecule has 5 rings (SSSR count). The number of rotatable bonds is 7. The summed E-state index contributed by atoms with van der Waals surface area (Å²) in [7, 11) is 0. The molecule has 196 valence electrons. The number of anilines is 1. The first kappa shape index (κ1) is 24.8. The minimum atomic E-state index is -1.10. The molecule has 2 fully saturated rings. The molecule has 0 unspecified atom stereocenters. The average molecular weight is 512 g/mol. The van der Waals surface area contributed by atoms with Gasteiger partial charge >= 0.3 is 12.1 Å². The fourth-order valence-electron chi connectivity index (χ4n) is 5.16. The maximum atomic E-state index is 14.5. The molecule has 2 N–H and O–H groups in total. The maximum Gasteiger partial charge on any atom is 0.407 e. The van der Waals surface area contributed by atoms with E-state index < -0.39 is 23.2 Å². The molecule has 0 radical (unpaired) electrons. The number of nitrogens with one attached hydrogen (secondary N) is 1. The van der Waals surface area contributed by atoms with E-state index >= 15 is 0 Å². The third-order valence-electron chi connectivity index (χ3n) is 6.78. The number of carboxylic acid groups (broad SMARTS) is 1. The van der Waals surface area contributed by atoms with Crippen LogP contribution in [0.15, 0.2) is 36.7 Å². The Morgan fingerprint density at radius 2 is 2.11 bits per heavy atom. The number of hydrogen-bond acceptors (Lipinski definition) is 7. The van der Waals surface area contributed by atoms with Crippen molar-refractivity contribution in [2.75, 3.05) is 18.1 Å². The van der Waals surface area contributed by atoms with Crippen LogP contribution in [0.5, 0.6) is 5.75 Å². The van der Waals surface area contributed by atoms with Crippen LogP contribution < -0.4 is 15.0 Å². The Hall–Kier alpha value is -3.89. The number of carboxylic acids is 1. The number of carbonyl (C=O) groups excluding carboxylic acids is 1. The Morgan fingerprint density at radius 1 is 1.32 bits per heavy atom. The van der Waals surface area contributed by atoms with Gasteiger partial charge in [-0.15, -0.1) is 0 Å². The Kier molecular flexibility index (Phi) is 5.96. The van der Waals surface area contributed by atoms with Crippen molar-refractivity contribution in [1.82, 2.24) is 19.9 Å². The minimum absolute atomic E-state index is 0.0173. The minimum Gasteiger partial charge on any atom is -0.491 e. The van der Waals surface area contributed by atoms with E-state index in [1.807, 2.05) is 0 Å². The fourth-order valence-corrected chi connectivity index (χ4v) is 5.16. The molecule has 37 heavy (non-hydrogen) atoms. The summed E-state index contributed by atoms with van der Waals surface area (Å²) in [5.41, 5.74) is -0.132. The Balaban J connectivity index is 1.40. The number of nitrogens with zero attached hydrogens (tertiary/aromatic N) is 4. The van der Waals surface area contributed by atoms with Crippen LogP contribution in [0.1, 0.15) is 56.5 Å². The number of aromatic nitrogens is 3. The second-order valence-corrected chi connectivity index (χ2v) is 10.7. The highest BCUT2D eigenvalue weighted by Crippen LogP contribution is 2.64. The van der Waals surface area contributed by atoms with Gasteiger partial charge in [-0.05, 0) is 70.7 Å². The monoisotopic (exact) mass is 511 g/mol. The summed E-state index contributed by atoms with van der Waals surface area (Å²) in [6.45, 7) is 8.04. The van der Waals surface area contributed by atoms with Crippen LogP contribution in [0.4, 0.5) is 15.0 Å². The van der Waals surface area contributed by atoms with Crippen molar-refractivity contribution < 1.29 is 28.6 Å². The van der Waals surface area contributed by atoms with Crippen molar-refractivity contribution in [3.8, 4) is 5.75 Å². The lowest BCUT2D eigenvalue weighted by molar-refractivity contribution is 0.0493. The zero-order valence-electron chi connectivity index (χ0n) is 21.2. The normalized spacial score (nSPS) is 21.4. The largest absolute Gasteiger partial charge is 0.491 e. The first-order valence-electron chi connectivity index (χ1n) is 12.3. The van der Waals surface area contributed by atoms with Crippen LogP contribution in [0.25, 0.3) is 5.65 Å². The fraction of sp³-hybridized carbons (Fsp3) is 0.462. The second-order valence-electron chi connectivity index (χ2n) is 10.7. The molecule has 3 atom stereocenters. The number of halogens is 1. The van der Waals surface area contributed by atoms with Crippen LogP contribution in [-0.2, 0) is 10.3 Å². The lowest BCUT2D eigenvalue weighted by Crippen LogP contribution is -2.40. The Labute approximate surface area is 213 Å². The molecule has 1 aliphatic heterocycles. The van der Waals surface area contributed by atoms with Gasteiger partial charge in [0.1, 0.15) is 35.2 Å². The van der Waals surface area contributed by atoms with Gasteiger partial charge in [0.2, 0.25) is 0 Å². The molecule has 10 nitrogen and oxygen atoms in total. The third-order valence-corrected chi connectivity index (χ3v) is 6.78. The standard InChI is InChI=1S/C26H30FN5O5/c1-15(29-24(35)37-25(2,3)4)14-36-20-6-5-17(27)11-19(20)26-12-16(26)7-9-31(26)21-8-10-32-22(30-21)18(13-28-32)23(33)34/h5-6,8,10-11,13,15-16H,7,9,12,14H2,1-4H3,(H,29,35)(H,33,34)/t15-,16+,26-/m1/s1. The van der Waals surface area contributed by atoms with Gasteiger partial charge in [-0.2, -0.15) is 5.10 Å². The zero-order chi connectivity index (χ0) is 26.5. The van der Waals surface area contributed by atoms with Crippen molar-refractivity contribution in [1.29, 1.82) is 0 Å². The van der Waals surface area contributed by atoms with Crippen LogP contribution in [0.2, 0.25) is 0 Å². The van der Waals surface area contributed by atoms with Crippen molar-refractivity contribution in [3.05, 3.63) is 53.6 Å². The molecule has 0 bridgehead atoms. The van der Waals surface area contributed by atoms with E-state index in [2.05, 4.69) is 20.3 Å². The molecule has 2 aliphatic rings. The van der Waals surface area contributed by atoms with E-state index in [-0.39, 0.29) is 35.6 Å². The highest BCUT2D eigenvalue weighted by atomic mass is 19.1. The molecule has 2 aromatic heterocycles. The number of amides is 1. The van der Waals surface area contributed by atoms with E-state index in [1.54, 1.807) is 46.0 Å². The van der Waals surface area contributed by atoms with Crippen molar-refractivity contribution in [2.45, 2.75) is 57.7 Å². The molecule has 1 aromatic carbocycles. The third kappa shape index (κ3) is 4.65. The first-order chi connectivity index (χ1) is 17.5. The van der Waals surface area contributed by atoms with Gasteiger partial charge in [0, 0.05) is 18.3 Å². The zero-order valence-corrected chi connectivity index (χ0v) is 21.2. The van der Waals surface area contributed by atoms with Crippen LogP contribution in [-0.4, -0.2) is 56.6 Å². The van der Waals surface area contributed by atoms with Crippen molar-refractivity contribution >= 4 is 23.5 Å². The molecule has 1 saturated heterocycles. The second kappa shape index (κ2) is 8.89. The van der Waals surface area contributed by atoms with Gasteiger partial charge in [-0.3, -0.25) is 0 Å². The summed E-state index contributed by atoms with van der Waals surface area (Å²) >= 11 is 0. The number of aromatic carboxylic acids is 1. The molecular weight excluding hydrogens is 481 g/mol. The van der Waals surface area contributed by atoms with Gasteiger partial charge < -0.3 is 24.8 Å². The lowest BCUT2D eigenvalue weighted by atomic mass is 10.0. The number of benzene rings is 1. The number of hydrogen-bond donors (Lipinski definition) is 2. The van der Waals surface area contributed by atoms with Gasteiger partial charge in [0.15, 0.2) is 5.65 Å². The van der Waals surface area contributed by atoms with Crippen molar-refractivity contribution in [2.24, 2.45) is 5.92 Å². The van der Waals surface area contributed by atoms with E-state index in [0.29, 0.717) is 23.7 Å². The summed E-state index contributed by atoms with van der Waals surface area (Å²) < 4.78 is 27.4. The van der Waals surface area contributed by atoms with E-state index in [4.69, 9.17) is 9.47 Å². The summed E-state index contributed by atoms with van der Waals surface area (Å²) in [4.78, 5) is 30.4. The molecule has 3 heterocycles. The van der Waals surface area contributed by atoms with Crippen LogP contribution in [0.3, 0.4) is 0 Å². The lowest BCUT2D eigenvalue weighted by Gasteiger charge is -2.31. The molecular formula is C26H30FN5O5. The van der Waals surface area contributed by atoms with Gasteiger partial charge in [-0.25, -0.2) is 23.5 Å². The van der Waals surface area contributed by atoms with Crippen LogP contribution >= 0.6 is 0 Å². The summed E-state index contributed by atoms with van der Waals surface area (Å²) in [5, 5.41) is 16.3. The molecule has 1 saturated carbocycles. The molecule has 1 aliphatic carbocycles. The summed E-state index contributed by atoms with van der Waals surface area (Å²) in [6, 6.07) is 5.91. The van der Waals surface area contributed by atoms with Gasteiger partial charge in [-0.1, -0.05) is 0 Å². The van der Waals surface area contributed by atoms with Crippen molar-refractivity contribution in [3.63, 3.8) is 0 Å². The number of alkyl carbamates (subject to hydrolysis) is 1. The smallest absolute Gasteiger partial charge is 0.407 e. The van der Waals surface area contributed by atoms with Gasteiger partial charge in [0.05, 0.1) is 17.8 Å². The SMILES string of the molecule is C[C@H](COc1ccc(F)cc1[C@@]12C[C@@H]1CCN2c1ccn2ncc(C(=O)O)c2n1)NC(=O)OC(C)(C)C. The Morgan fingerprint density at radius 3 is 2.81 bits per heavy atom. The highest BCUT2D eigenvalue weighted by molar-refractivity contribution is 5.94. The van der Waals surface area contributed by atoms with Gasteiger partial charge in [0.25, 0.3) is 0 Å². The maximum absolute atomic E-state index is 14.5. The Bertz CT molecular complexity index is 1370. The number of carbonyl (C=O) groups is 2. The predicted molar refractivity (Wildman–Crippen MR) is 132 cm³/mol. The number of piperidine rings is 1. The highest BCUT2D eigenvalue weighted by Gasteiger charge is 2.64. The average Bonchev–Trinajstić information content (AvgIpc) is 3.18. The molecule has 3 aromatic rings. The molecule has 1 amide bonds. The summed E-state index contributed by atoms with van der Waals surface area (Å²) in [6.07, 6.45) is 4.12. The number of fused-ring (bicyclic) bond motifs is 2.